The van der Waals surface area contributed by atoms with Crippen molar-refractivity contribution in [1.29, 1.82) is 0 Å². The summed E-state index contributed by atoms with van der Waals surface area (Å²) in [5.41, 5.74) is 1.19. The minimum absolute atomic E-state index is 0.0401. The molecule has 1 aliphatic rings. The molecule has 0 atom stereocenters. The second-order valence-corrected chi connectivity index (χ2v) is 6.13. The third-order valence-electron chi connectivity index (χ3n) is 4.47. The number of likely N-dealkylation sites (tertiary alicyclic amines) is 1. The van der Waals surface area contributed by atoms with Gasteiger partial charge >= 0.3 is 0 Å². The molecule has 0 radical (unpaired) electrons. The summed E-state index contributed by atoms with van der Waals surface area (Å²) in [6.07, 6.45) is 5.55. The van der Waals surface area contributed by atoms with E-state index in [-0.39, 0.29) is 5.91 Å². The first-order valence-corrected chi connectivity index (χ1v) is 8.82. The Bertz CT molecular complexity index is 475. The molecule has 0 aromatic carbocycles. The molecule has 1 amide bonds. The van der Waals surface area contributed by atoms with Crippen molar-refractivity contribution < 1.29 is 9.21 Å². The number of rotatable bonds is 8. The Labute approximate surface area is 134 Å². The number of amides is 1. The van der Waals surface area contributed by atoms with Crippen molar-refractivity contribution in [2.45, 2.75) is 59.4 Å². The van der Waals surface area contributed by atoms with Crippen LogP contribution in [0.25, 0.3) is 0 Å². The summed E-state index contributed by atoms with van der Waals surface area (Å²) < 4.78 is 5.88. The molecule has 1 fully saturated rings. The van der Waals surface area contributed by atoms with Crippen LogP contribution < -0.4 is 0 Å². The van der Waals surface area contributed by atoms with Crippen LogP contribution in [0.5, 0.6) is 0 Å². The molecule has 0 N–H and O–H groups in total. The van der Waals surface area contributed by atoms with Crippen LogP contribution in [0.4, 0.5) is 0 Å². The Hall–Kier alpha value is -1.29. The molecule has 2 heterocycles. The van der Waals surface area contributed by atoms with E-state index in [1.54, 1.807) is 0 Å². The van der Waals surface area contributed by atoms with Gasteiger partial charge in [0.25, 0.3) is 5.91 Å². The Morgan fingerprint density at radius 3 is 2.59 bits per heavy atom. The Kier molecular flexibility index (Phi) is 6.49. The highest BCUT2D eigenvalue weighted by atomic mass is 16.4. The number of aryl methyl sites for hydroxylation is 1. The zero-order chi connectivity index (χ0) is 15.9. The number of hydrogen-bond acceptors (Lipinski definition) is 3. The van der Waals surface area contributed by atoms with E-state index in [2.05, 4.69) is 18.7 Å². The van der Waals surface area contributed by atoms with E-state index in [0.717, 1.165) is 57.7 Å². The lowest BCUT2D eigenvalue weighted by molar-refractivity contribution is 0.0728. The van der Waals surface area contributed by atoms with E-state index < -0.39 is 0 Å². The number of nitrogens with zero attached hydrogens (tertiary/aromatic N) is 2. The quantitative estimate of drug-likeness (QED) is 0.735. The molecular weight excluding hydrogens is 276 g/mol. The first-order valence-electron chi connectivity index (χ1n) is 8.82. The largest absolute Gasteiger partial charge is 0.456 e. The molecule has 4 heteroatoms. The zero-order valence-electron chi connectivity index (χ0n) is 14.4. The van der Waals surface area contributed by atoms with Crippen LogP contribution in [0.3, 0.4) is 0 Å². The first kappa shape index (κ1) is 17.1. The highest BCUT2D eigenvalue weighted by Gasteiger charge is 2.22. The van der Waals surface area contributed by atoms with Crippen molar-refractivity contribution in [3.05, 3.63) is 23.2 Å². The average Bonchev–Trinajstić information content (AvgIpc) is 3.17. The lowest BCUT2D eigenvalue weighted by Crippen LogP contribution is -2.31. The molecule has 0 unspecified atom stereocenters. The maximum Gasteiger partial charge on any atom is 0.289 e. The fraction of sp³-hybridized carbons (Fsp3) is 0.722. The highest BCUT2D eigenvalue weighted by Crippen LogP contribution is 2.22. The number of unbranched alkanes of at least 4 members (excludes halogenated alkanes) is 1. The molecule has 22 heavy (non-hydrogen) atoms. The van der Waals surface area contributed by atoms with Gasteiger partial charge in [-0.1, -0.05) is 20.3 Å². The van der Waals surface area contributed by atoms with Crippen molar-refractivity contribution in [2.75, 3.05) is 26.2 Å². The van der Waals surface area contributed by atoms with Gasteiger partial charge in [-0.25, -0.2) is 0 Å². The van der Waals surface area contributed by atoms with E-state index in [9.17, 15) is 4.79 Å². The van der Waals surface area contributed by atoms with Crippen molar-refractivity contribution in [2.24, 2.45) is 0 Å². The smallest absolute Gasteiger partial charge is 0.289 e. The fourth-order valence-corrected chi connectivity index (χ4v) is 3.09. The summed E-state index contributed by atoms with van der Waals surface area (Å²) in [6.45, 7) is 11.1. The second-order valence-electron chi connectivity index (χ2n) is 6.13. The van der Waals surface area contributed by atoms with E-state index in [0.29, 0.717) is 5.76 Å². The Morgan fingerprint density at radius 2 is 2.00 bits per heavy atom. The summed E-state index contributed by atoms with van der Waals surface area (Å²) in [6, 6.07) is 1.98. The molecule has 0 saturated carbocycles. The standard InChI is InChI=1S/C18H30N2O2/c1-4-7-12-20(6-3)18(21)17-13-15(16(5-2)22-17)14-19-10-8-9-11-19/h13H,4-12,14H2,1-3H3. The van der Waals surface area contributed by atoms with Gasteiger partial charge in [0.05, 0.1) is 0 Å². The molecule has 2 rings (SSSR count). The van der Waals surface area contributed by atoms with Crippen molar-refractivity contribution in [3.63, 3.8) is 0 Å². The fourth-order valence-electron chi connectivity index (χ4n) is 3.09. The van der Waals surface area contributed by atoms with Crippen LogP contribution in [0.15, 0.2) is 10.5 Å². The topological polar surface area (TPSA) is 36.7 Å². The van der Waals surface area contributed by atoms with Gasteiger partial charge in [0.1, 0.15) is 5.76 Å². The maximum absolute atomic E-state index is 12.6. The maximum atomic E-state index is 12.6. The van der Waals surface area contributed by atoms with E-state index in [1.165, 1.54) is 18.4 Å². The molecule has 0 aliphatic carbocycles. The average molecular weight is 306 g/mol. The molecule has 1 aromatic heterocycles. The first-order chi connectivity index (χ1) is 10.7. The van der Waals surface area contributed by atoms with Gasteiger partial charge < -0.3 is 9.32 Å². The van der Waals surface area contributed by atoms with Gasteiger partial charge in [0.2, 0.25) is 0 Å². The van der Waals surface area contributed by atoms with Crippen molar-refractivity contribution in [1.82, 2.24) is 9.80 Å². The molecule has 124 valence electrons. The number of hydrogen-bond donors (Lipinski definition) is 0. The summed E-state index contributed by atoms with van der Waals surface area (Å²) in [4.78, 5) is 17.0. The van der Waals surface area contributed by atoms with E-state index >= 15 is 0 Å². The monoisotopic (exact) mass is 306 g/mol. The predicted octanol–water partition coefficient (Wildman–Crippen LogP) is 3.70. The lowest BCUT2D eigenvalue weighted by atomic mass is 10.2. The number of furan rings is 1. The van der Waals surface area contributed by atoms with Gasteiger partial charge in [-0.05, 0) is 45.3 Å². The van der Waals surface area contributed by atoms with Gasteiger partial charge in [0, 0.05) is 31.6 Å². The van der Waals surface area contributed by atoms with Gasteiger partial charge in [-0.15, -0.1) is 0 Å². The predicted molar refractivity (Wildman–Crippen MR) is 89.1 cm³/mol. The second kappa shape index (κ2) is 8.37. The normalized spacial score (nSPS) is 15.4. The van der Waals surface area contributed by atoms with Gasteiger partial charge in [0.15, 0.2) is 5.76 Å². The molecule has 1 saturated heterocycles. The Morgan fingerprint density at radius 1 is 1.27 bits per heavy atom. The SMILES string of the molecule is CCCCN(CC)C(=O)c1cc(CN2CCCC2)c(CC)o1. The van der Waals surface area contributed by atoms with Crippen LogP contribution in [0, 0.1) is 0 Å². The van der Waals surface area contributed by atoms with Crippen LogP contribution >= 0.6 is 0 Å². The van der Waals surface area contributed by atoms with Crippen molar-refractivity contribution in [3.8, 4) is 0 Å². The highest BCUT2D eigenvalue weighted by molar-refractivity contribution is 5.91. The van der Waals surface area contributed by atoms with Gasteiger partial charge in [-0.3, -0.25) is 9.69 Å². The van der Waals surface area contributed by atoms with E-state index in [1.807, 2.05) is 17.9 Å². The van der Waals surface area contributed by atoms with Crippen LogP contribution in [-0.4, -0.2) is 41.9 Å². The minimum atomic E-state index is 0.0401. The molecular formula is C18H30N2O2. The molecule has 1 aliphatic heterocycles. The molecule has 0 bridgehead atoms. The van der Waals surface area contributed by atoms with E-state index in [4.69, 9.17) is 4.42 Å². The third-order valence-corrected chi connectivity index (χ3v) is 4.47. The van der Waals surface area contributed by atoms with Crippen LogP contribution in [0.1, 0.15) is 68.3 Å². The summed E-state index contributed by atoms with van der Waals surface area (Å²) in [7, 11) is 0. The van der Waals surface area contributed by atoms with Crippen molar-refractivity contribution >= 4 is 5.91 Å². The minimum Gasteiger partial charge on any atom is -0.456 e. The number of carbonyl (C=O) groups excluding carboxylic acids is 1. The lowest BCUT2D eigenvalue weighted by Gasteiger charge is -2.19. The summed E-state index contributed by atoms with van der Waals surface area (Å²) in [5.74, 6) is 1.53. The molecule has 1 aromatic rings. The van der Waals surface area contributed by atoms with Crippen LogP contribution in [0.2, 0.25) is 0 Å². The molecule has 4 nitrogen and oxygen atoms in total. The number of carbonyl (C=O) groups is 1. The molecule has 0 spiro atoms. The third kappa shape index (κ3) is 4.13. The summed E-state index contributed by atoms with van der Waals surface area (Å²) in [5, 5.41) is 0. The van der Waals surface area contributed by atoms with Gasteiger partial charge in [-0.2, -0.15) is 0 Å². The Balaban J connectivity index is 2.09. The van der Waals surface area contributed by atoms with Crippen LogP contribution in [-0.2, 0) is 13.0 Å². The zero-order valence-corrected chi connectivity index (χ0v) is 14.4. The summed E-state index contributed by atoms with van der Waals surface area (Å²) >= 11 is 0.